The normalized spacial score (nSPS) is 15.6. The summed E-state index contributed by atoms with van der Waals surface area (Å²) in [4.78, 5) is 23.7. The van der Waals surface area contributed by atoms with E-state index in [1.165, 1.54) is 0 Å². The molecule has 1 fully saturated rings. The Hall–Kier alpha value is -1.84. The molecular formula is C15H20N2O2. The van der Waals surface area contributed by atoms with Gasteiger partial charge in [-0.2, -0.15) is 0 Å². The number of rotatable bonds is 6. The summed E-state index contributed by atoms with van der Waals surface area (Å²) in [5.74, 6) is -0.163. The number of carbonyl (C=O) groups is 2. The Morgan fingerprint density at radius 3 is 2.42 bits per heavy atom. The number of carbonyl (C=O) groups excluding carboxylic acids is 2. The number of benzene rings is 1. The van der Waals surface area contributed by atoms with Gasteiger partial charge in [-0.15, -0.1) is 0 Å². The fraction of sp³-hybridized carbons (Fsp3) is 0.467. The third kappa shape index (κ3) is 3.13. The first kappa shape index (κ1) is 13.6. The molecular weight excluding hydrogens is 240 g/mol. The van der Waals surface area contributed by atoms with Crippen molar-refractivity contribution in [2.24, 2.45) is 0 Å². The first-order valence-corrected chi connectivity index (χ1v) is 6.79. The van der Waals surface area contributed by atoms with Gasteiger partial charge in [0.2, 0.25) is 11.8 Å². The predicted molar refractivity (Wildman–Crippen MR) is 73.7 cm³/mol. The molecule has 0 aromatic heterocycles. The zero-order chi connectivity index (χ0) is 13.7. The van der Waals surface area contributed by atoms with Crippen LogP contribution < -0.4 is 10.6 Å². The third-order valence-corrected chi connectivity index (χ3v) is 3.49. The van der Waals surface area contributed by atoms with E-state index in [-0.39, 0.29) is 18.4 Å². The van der Waals surface area contributed by atoms with Crippen molar-refractivity contribution in [3.63, 3.8) is 0 Å². The molecule has 0 radical (unpaired) electrons. The van der Waals surface area contributed by atoms with Gasteiger partial charge >= 0.3 is 0 Å². The zero-order valence-corrected chi connectivity index (χ0v) is 11.2. The zero-order valence-electron chi connectivity index (χ0n) is 11.2. The topological polar surface area (TPSA) is 58.2 Å². The Bertz CT molecular complexity index is 452. The highest BCUT2D eigenvalue weighted by Crippen LogP contribution is 2.48. The van der Waals surface area contributed by atoms with Crippen molar-refractivity contribution < 1.29 is 9.59 Å². The van der Waals surface area contributed by atoms with Gasteiger partial charge in [-0.3, -0.25) is 9.59 Å². The maximum absolute atomic E-state index is 12.2. The molecule has 2 amide bonds. The van der Waals surface area contributed by atoms with Gasteiger partial charge in [0.15, 0.2) is 0 Å². The molecule has 19 heavy (non-hydrogen) atoms. The lowest BCUT2D eigenvalue weighted by Crippen LogP contribution is -2.41. The quantitative estimate of drug-likeness (QED) is 0.811. The highest BCUT2D eigenvalue weighted by molar-refractivity contribution is 5.93. The summed E-state index contributed by atoms with van der Waals surface area (Å²) in [5, 5.41) is 5.49. The number of hydrogen-bond acceptors (Lipinski definition) is 2. The monoisotopic (exact) mass is 260 g/mol. The predicted octanol–water partition coefficient (Wildman–Crippen LogP) is 1.36. The molecule has 102 valence electrons. The molecule has 1 aliphatic carbocycles. The minimum Gasteiger partial charge on any atom is -0.355 e. The first-order valence-electron chi connectivity index (χ1n) is 6.79. The lowest BCUT2D eigenvalue weighted by molar-refractivity contribution is -0.127. The molecule has 4 heteroatoms. The third-order valence-electron chi connectivity index (χ3n) is 3.49. The van der Waals surface area contributed by atoms with E-state index < -0.39 is 5.41 Å². The summed E-state index contributed by atoms with van der Waals surface area (Å²) in [6.07, 6.45) is 2.62. The Labute approximate surface area is 113 Å². The summed E-state index contributed by atoms with van der Waals surface area (Å²) in [5.41, 5.74) is 0.646. The van der Waals surface area contributed by atoms with Crippen molar-refractivity contribution in [1.82, 2.24) is 10.6 Å². The SMILES string of the molecule is CCCNC(=O)CNC(=O)C1(c2ccccc2)CC1. The van der Waals surface area contributed by atoms with Crippen molar-refractivity contribution in [2.45, 2.75) is 31.6 Å². The maximum Gasteiger partial charge on any atom is 0.239 e. The molecule has 0 atom stereocenters. The van der Waals surface area contributed by atoms with Crippen LogP contribution in [0.25, 0.3) is 0 Å². The van der Waals surface area contributed by atoms with Crippen LogP contribution in [0.3, 0.4) is 0 Å². The van der Waals surface area contributed by atoms with Crippen molar-refractivity contribution >= 4 is 11.8 Å². The fourth-order valence-corrected chi connectivity index (χ4v) is 2.19. The van der Waals surface area contributed by atoms with Crippen LogP contribution in [0.4, 0.5) is 0 Å². The Kier molecular flexibility index (Phi) is 4.20. The van der Waals surface area contributed by atoms with Gasteiger partial charge in [0.25, 0.3) is 0 Å². The van der Waals surface area contributed by atoms with E-state index in [0.717, 1.165) is 24.8 Å². The molecule has 0 heterocycles. The van der Waals surface area contributed by atoms with Crippen LogP contribution in [0, 0.1) is 0 Å². The molecule has 2 N–H and O–H groups in total. The largest absolute Gasteiger partial charge is 0.355 e. The smallest absolute Gasteiger partial charge is 0.239 e. The minimum absolute atomic E-state index is 0.0367. The summed E-state index contributed by atoms with van der Waals surface area (Å²) in [6.45, 7) is 2.71. The van der Waals surface area contributed by atoms with Crippen molar-refractivity contribution in [1.29, 1.82) is 0 Å². The van der Waals surface area contributed by atoms with Crippen molar-refractivity contribution in [2.75, 3.05) is 13.1 Å². The first-order chi connectivity index (χ1) is 9.19. The van der Waals surface area contributed by atoms with Crippen molar-refractivity contribution in [3.05, 3.63) is 35.9 Å². The van der Waals surface area contributed by atoms with Gasteiger partial charge in [-0.25, -0.2) is 0 Å². The molecule has 0 spiro atoms. The molecule has 1 aromatic rings. The van der Waals surface area contributed by atoms with E-state index in [2.05, 4.69) is 10.6 Å². The van der Waals surface area contributed by atoms with E-state index in [0.29, 0.717) is 6.54 Å². The maximum atomic E-state index is 12.2. The molecule has 0 bridgehead atoms. The molecule has 1 aliphatic rings. The molecule has 0 aliphatic heterocycles. The van der Waals surface area contributed by atoms with E-state index in [4.69, 9.17) is 0 Å². The standard InChI is InChI=1S/C15H20N2O2/c1-2-10-16-13(18)11-17-14(19)15(8-9-15)12-6-4-3-5-7-12/h3-7H,2,8-11H2,1H3,(H,16,18)(H,17,19). The molecule has 4 nitrogen and oxygen atoms in total. The van der Waals surface area contributed by atoms with Gasteiger partial charge in [0, 0.05) is 6.54 Å². The number of amides is 2. The van der Waals surface area contributed by atoms with Gasteiger partial charge in [-0.1, -0.05) is 37.3 Å². The number of nitrogens with one attached hydrogen (secondary N) is 2. The van der Waals surface area contributed by atoms with Crippen LogP contribution in [0.5, 0.6) is 0 Å². The van der Waals surface area contributed by atoms with E-state index in [1.54, 1.807) is 0 Å². The molecule has 0 saturated heterocycles. The summed E-state index contributed by atoms with van der Waals surface area (Å²) in [7, 11) is 0. The van der Waals surface area contributed by atoms with Gasteiger partial charge in [-0.05, 0) is 24.8 Å². The van der Waals surface area contributed by atoms with Gasteiger partial charge in [0.05, 0.1) is 12.0 Å². The summed E-state index contributed by atoms with van der Waals surface area (Å²) >= 11 is 0. The lowest BCUT2D eigenvalue weighted by atomic mass is 9.95. The highest BCUT2D eigenvalue weighted by Gasteiger charge is 2.51. The summed E-state index contributed by atoms with van der Waals surface area (Å²) in [6, 6.07) is 9.77. The second-order valence-corrected chi connectivity index (χ2v) is 4.98. The van der Waals surface area contributed by atoms with Gasteiger partial charge < -0.3 is 10.6 Å². The van der Waals surface area contributed by atoms with Crippen LogP contribution in [-0.2, 0) is 15.0 Å². The van der Waals surface area contributed by atoms with Gasteiger partial charge in [0.1, 0.15) is 0 Å². The van der Waals surface area contributed by atoms with Crippen LogP contribution in [-0.4, -0.2) is 24.9 Å². The average Bonchev–Trinajstić information content (AvgIpc) is 3.25. The number of hydrogen-bond donors (Lipinski definition) is 2. The second kappa shape index (κ2) is 5.87. The Balaban J connectivity index is 1.89. The van der Waals surface area contributed by atoms with Crippen LogP contribution in [0.2, 0.25) is 0 Å². The lowest BCUT2D eigenvalue weighted by Gasteiger charge is -2.15. The molecule has 1 aromatic carbocycles. The fourth-order valence-electron chi connectivity index (χ4n) is 2.19. The van der Waals surface area contributed by atoms with E-state index in [1.807, 2.05) is 37.3 Å². The van der Waals surface area contributed by atoms with Crippen LogP contribution in [0.1, 0.15) is 31.7 Å². The van der Waals surface area contributed by atoms with Crippen molar-refractivity contribution in [3.8, 4) is 0 Å². The molecule has 0 unspecified atom stereocenters. The van der Waals surface area contributed by atoms with Crippen LogP contribution in [0.15, 0.2) is 30.3 Å². The van der Waals surface area contributed by atoms with E-state index in [9.17, 15) is 9.59 Å². The molecule has 1 saturated carbocycles. The minimum atomic E-state index is -0.397. The summed E-state index contributed by atoms with van der Waals surface area (Å²) < 4.78 is 0. The highest BCUT2D eigenvalue weighted by atomic mass is 16.2. The molecule has 2 rings (SSSR count). The second-order valence-electron chi connectivity index (χ2n) is 4.98. The average molecular weight is 260 g/mol. The van der Waals surface area contributed by atoms with Crippen LogP contribution >= 0.6 is 0 Å². The van der Waals surface area contributed by atoms with E-state index >= 15 is 0 Å². The Morgan fingerprint density at radius 1 is 1.16 bits per heavy atom. The Morgan fingerprint density at radius 2 is 1.84 bits per heavy atom.